The molecule has 0 fully saturated rings. The van der Waals surface area contributed by atoms with Crippen LogP contribution in [0.3, 0.4) is 0 Å². The first-order valence-corrected chi connectivity index (χ1v) is 6.79. The molecule has 4 heteroatoms. The van der Waals surface area contributed by atoms with Crippen LogP contribution in [-0.2, 0) is 11.3 Å². The van der Waals surface area contributed by atoms with Crippen LogP contribution in [0.1, 0.15) is 5.69 Å². The molecule has 1 unspecified atom stereocenters. The van der Waals surface area contributed by atoms with Crippen molar-refractivity contribution in [2.24, 2.45) is 0 Å². The second-order valence-electron chi connectivity index (χ2n) is 4.74. The largest absolute Gasteiger partial charge is 0.383 e. The zero-order valence-corrected chi connectivity index (χ0v) is 12.1. The Balaban J connectivity index is 2.00. The summed E-state index contributed by atoms with van der Waals surface area (Å²) in [6.07, 6.45) is 0. The summed E-state index contributed by atoms with van der Waals surface area (Å²) in [6, 6.07) is 12.3. The van der Waals surface area contributed by atoms with E-state index in [2.05, 4.69) is 28.1 Å². The first-order chi connectivity index (χ1) is 9.19. The van der Waals surface area contributed by atoms with Crippen LogP contribution in [0.4, 0.5) is 0 Å². The van der Waals surface area contributed by atoms with Gasteiger partial charge in [0.05, 0.1) is 23.2 Å². The number of rotatable bonds is 6. The maximum absolute atomic E-state index is 6.15. The van der Waals surface area contributed by atoms with Crippen LogP contribution in [0.5, 0.6) is 0 Å². The molecule has 1 atom stereocenters. The van der Waals surface area contributed by atoms with E-state index in [4.69, 9.17) is 16.3 Å². The molecule has 0 amide bonds. The van der Waals surface area contributed by atoms with Crippen LogP contribution in [-0.4, -0.2) is 42.6 Å². The minimum absolute atomic E-state index is 0.00968. The van der Waals surface area contributed by atoms with E-state index in [0.29, 0.717) is 6.61 Å². The molecule has 0 N–H and O–H groups in total. The third-order valence-corrected chi connectivity index (χ3v) is 3.21. The lowest BCUT2D eigenvalue weighted by atomic mass is 10.2. The minimum atomic E-state index is 0.00968. The number of para-hydroxylation sites is 1. The maximum Gasteiger partial charge on any atom is 0.0705 e. The SMILES string of the molecule is COCC(Cl)CN(C)Cc1ccc2ccccc2n1. The van der Waals surface area contributed by atoms with E-state index in [1.807, 2.05) is 25.2 Å². The summed E-state index contributed by atoms with van der Waals surface area (Å²) >= 11 is 6.15. The first kappa shape index (κ1) is 14.3. The third-order valence-electron chi connectivity index (χ3n) is 2.95. The lowest BCUT2D eigenvalue weighted by Gasteiger charge is -2.19. The fourth-order valence-corrected chi connectivity index (χ4v) is 2.47. The van der Waals surface area contributed by atoms with Crippen molar-refractivity contribution in [3.63, 3.8) is 0 Å². The highest BCUT2D eigenvalue weighted by Crippen LogP contribution is 2.13. The average molecular weight is 279 g/mol. The van der Waals surface area contributed by atoms with Crippen LogP contribution < -0.4 is 0 Å². The number of aromatic nitrogens is 1. The van der Waals surface area contributed by atoms with E-state index in [1.165, 1.54) is 5.39 Å². The molecule has 0 radical (unpaired) electrons. The molecule has 0 aliphatic rings. The molecule has 0 saturated heterocycles. The summed E-state index contributed by atoms with van der Waals surface area (Å²) in [7, 11) is 3.71. The van der Waals surface area contributed by atoms with Gasteiger partial charge in [-0.05, 0) is 19.2 Å². The van der Waals surface area contributed by atoms with Crippen LogP contribution in [0.25, 0.3) is 10.9 Å². The van der Waals surface area contributed by atoms with Gasteiger partial charge < -0.3 is 4.74 Å². The van der Waals surface area contributed by atoms with Crippen molar-refractivity contribution in [1.29, 1.82) is 0 Å². The zero-order valence-electron chi connectivity index (χ0n) is 11.3. The van der Waals surface area contributed by atoms with Crippen LogP contribution in [0, 0.1) is 0 Å². The number of ether oxygens (including phenoxy) is 1. The Kier molecular flexibility index (Phi) is 5.14. The van der Waals surface area contributed by atoms with Gasteiger partial charge in [0.1, 0.15) is 0 Å². The standard InChI is InChI=1S/C15H19ClN2O/c1-18(9-13(16)11-19-2)10-14-8-7-12-5-3-4-6-15(12)17-14/h3-8,13H,9-11H2,1-2H3. The Hall–Kier alpha value is -1.16. The lowest BCUT2D eigenvalue weighted by Crippen LogP contribution is -2.28. The summed E-state index contributed by atoms with van der Waals surface area (Å²) in [5.74, 6) is 0. The third kappa shape index (κ3) is 4.16. The molecule has 0 aliphatic heterocycles. The molecule has 102 valence electrons. The maximum atomic E-state index is 6.15. The Labute approximate surface area is 119 Å². The number of fused-ring (bicyclic) bond motifs is 1. The molecule has 2 aromatic rings. The number of benzene rings is 1. The van der Waals surface area contributed by atoms with Gasteiger partial charge in [-0.2, -0.15) is 0 Å². The van der Waals surface area contributed by atoms with E-state index < -0.39 is 0 Å². The number of halogens is 1. The van der Waals surface area contributed by atoms with E-state index in [1.54, 1.807) is 7.11 Å². The Bertz CT molecular complexity index is 532. The number of hydrogen-bond acceptors (Lipinski definition) is 3. The number of methoxy groups -OCH3 is 1. The summed E-state index contributed by atoms with van der Waals surface area (Å²) in [5.41, 5.74) is 2.09. The van der Waals surface area contributed by atoms with Crippen molar-refractivity contribution < 1.29 is 4.74 Å². The molecule has 1 aromatic carbocycles. The fraction of sp³-hybridized carbons (Fsp3) is 0.400. The summed E-state index contributed by atoms with van der Waals surface area (Å²) in [4.78, 5) is 6.81. The van der Waals surface area contributed by atoms with Crippen LogP contribution in [0.2, 0.25) is 0 Å². The van der Waals surface area contributed by atoms with Gasteiger partial charge in [0.15, 0.2) is 0 Å². The van der Waals surface area contributed by atoms with Crippen LogP contribution >= 0.6 is 11.6 Å². The Morgan fingerprint density at radius 1 is 1.26 bits per heavy atom. The summed E-state index contributed by atoms with van der Waals surface area (Å²) in [6.45, 7) is 2.14. The van der Waals surface area contributed by atoms with E-state index in [0.717, 1.165) is 24.3 Å². The summed E-state index contributed by atoms with van der Waals surface area (Å²) < 4.78 is 5.04. The molecule has 0 aliphatic carbocycles. The van der Waals surface area contributed by atoms with Crippen molar-refractivity contribution in [3.8, 4) is 0 Å². The Morgan fingerprint density at radius 3 is 2.84 bits per heavy atom. The highest BCUT2D eigenvalue weighted by molar-refractivity contribution is 6.20. The van der Waals surface area contributed by atoms with E-state index >= 15 is 0 Å². The predicted molar refractivity (Wildman–Crippen MR) is 79.6 cm³/mol. The lowest BCUT2D eigenvalue weighted by molar-refractivity contribution is 0.181. The molecule has 3 nitrogen and oxygen atoms in total. The van der Waals surface area contributed by atoms with Crippen molar-refractivity contribution in [2.45, 2.75) is 11.9 Å². The molecule has 0 saturated carbocycles. The van der Waals surface area contributed by atoms with Gasteiger partial charge in [-0.25, -0.2) is 0 Å². The zero-order chi connectivity index (χ0) is 13.7. The van der Waals surface area contributed by atoms with Crippen molar-refractivity contribution in [3.05, 3.63) is 42.1 Å². The van der Waals surface area contributed by atoms with E-state index in [9.17, 15) is 0 Å². The predicted octanol–water partition coefficient (Wildman–Crippen LogP) is 2.92. The first-order valence-electron chi connectivity index (χ1n) is 6.35. The molecule has 1 aromatic heterocycles. The van der Waals surface area contributed by atoms with Crippen molar-refractivity contribution in [1.82, 2.24) is 9.88 Å². The normalized spacial score (nSPS) is 13.1. The summed E-state index contributed by atoms with van der Waals surface area (Å²) in [5, 5.41) is 1.18. The molecular formula is C15H19ClN2O. The van der Waals surface area contributed by atoms with Gasteiger partial charge in [0, 0.05) is 25.6 Å². The van der Waals surface area contributed by atoms with Crippen molar-refractivity contribution >= 4 is 22.5 Å². The number of nitrogens with zero attached hydrogens (tertiary/aromatic N) is 2. The van der Waals surface area contributed by atoms with Gasteiger partial charge >= 0.3 is 0 Å². The molecule has 0 bridgehead atoms. The number of hydrogen-bond donors (Lipinski definition) is 0. The highest BCUT2D eigenvalue weighted by atomic mass is 35.5. The molecule has 1 heterocycles. The van der Waals surface area contributed by atoms with E-state index in [-0.39, 0.29) is 5.38 Å². The van der Waals surface area contributed by atoms with Gasteiger partial charge in [0.2, 0.25) is 0 Å². The van der Waals surface area contributed by atoms with Gasteiger partial charge in [-0.15, -0.1) is 11.6 Å². The smallest absolute Gasteiger partial charge is 0.0705 e. The monoisotopic (exact) mass is 278 g/mol. The fourth-order valence-electron chi connectivity index (χ4n) is 2.11. The minimum Gasteiger partial charge on any atom is -0.383 e. The topological polar surface area (TPSA) is 25.4 Å². The van der Waals surface area contributed by atoms with Crippen LogP contribution in [0.15, 0.2) is 36.4 Å². The second-order valence-corrected chi connectivity index (χ2v) is 5.36. The Morgan fingerprint density at radius 2 is 2.05 bits per heavy atom. The number of alkyl halides is 1. The average Bonchev–Trinajstić information content (AvgIpc) is 2.38. The number of pyridine rings is 1. The molecule has 0 spiro atoms. The van der Waals surface area contributed by atoms with Gasteiger partial charge in [0.25, 0.3) is 0 Å². The molecule has 2 rings (SSSR count). The molecule has 19 heavy (non-hydrogen) atoms. The second kappa shape index (κ2) is 6.85. The van der Waals surface area contributed by atoms with Gasteiger partial charge in [-0.1, -0.05) is 24.3 Å². The quantitative estimate of drug-likeness (QED) is 0.760. The molecular weight excluding hydrogens is 260 g/mol. The van der Waals surface area contributed by atoms with Crippen molar-refractivity contribution in [2.75, 3.05) is 27.3 Å². The highest BCUT2D eigenvalue weighted by Gasteiger charge is 2.09. The van der Waals surface area contributed by atoms with Gasteiger partial charge in [-0.3, -0.25) is 9.88 Å².